The highest BCUT2D eigenvalue weighted by atomic mass is 16.5. The van der Waals surface area contributed by atoms with Gasteiger partial charge in [0, 0.05) is 23.4 Å². The molecule has 3 aromatic rings. The van der Waals surface area contributed by atoms with Gasteiger partial charge in [-0.05, 0) is 53.5 Å². The molecule has 0 radical (unpaired) electrons. The second kappa shape index (κ2) is 7.90. The number of nitrogens with one attached hydrogen (secondary N) is 1. The first kappa shape index (κ1) is 17.7. The van der Waals surface area contributed by atoms with Crippen LogP contribution in [0, 0.1) is 5.92 Å². The summed E-state index contributed by atoms with van der Waals surface area (Å²) >= 11 is 0. The van der Waals surface area contributed by atoms with Gasteiger partial charge in [0.2, 0.25) is 5.56 Å². The maximum absolute atomic E-state index is 11.4. The van der Waals surface area contributed by atoms with E-state index >= 15 is 0 Å². The Morgan fingerprint density at radius 3 is 2.93 bits per heavy atom. The quantitative estimate of drug-likeness (QED) is 0.723. The lowest BCUT2D eigenvalue weighted by Crippen LogP contribution is -2.20. The molecule has 0 spiro atoms. The van der Waals surface area contributed by atoms with Crippen molar-refractivity contribution in [3.63, 3.8) is 0 Å². The number of ether oxygens (including phenoxy) is 1. The topological polar surface area (TPSA) is 85.7 Å². The van der Waals surface area contributed by atoms with Crippen LogP contribution in [0.1, 0.15) is 50.9 Å². The second-order valence-corrected chi connectivity index (χ2v) is 7.52. The fourth-order valence-electron chi connectivity index (χ4n) is 3.79. The molecule has 1 aliphatic carbocycles. The molecule has 2 aromatic heterocycles. The van der Waals surface area contributed by atoms with E-state index in [0.717, 1.165) is 28.9 Å². The minimum Gasteiger partial charge on any atom is -0.493 e. The first-order valence-corrected chi connectivity index (χ1v) is 9.71. The Balaban J connectivity index is 1.37. The zero-order chi connectivity index (χ0) is 18.6. The minimum absolute atomic E-state index is 0.0968. The number of nitrogens with zero attached hydrogens (tertiary/aromatic N) is 4. The zero-order valence-electron chi connectivity index (χ0n) is 15.6. The maximum Gasteiger partial charge on any atom is 0.248 e. The molecule has 0 bridgehead atoms. The normalized spacial score (nSPS) is 16.5. The van der Waals surface area contributed by atoms with E-state index in [0.29, 0.717) is 18.6 Å². The third kappa shape index (κ3) is 4.18. The highest BCUT2D eigenvalue weighted by Gasteiger charge is 2.21. The Kier molecular flexibility index (Phi) is 5.18. The van der Waals surface area contributed by atoms with Crippen LogP contribution in [0.3, 0.4) is 0 Å². The van der Waals surface area contributed by atoms with Crippen molar-refractivity contribution in [3.05, 3.63) is 46.5 Å². The largest absolute Gasteiger partial charge is 0.493 e. The van der Waals surface area contributed by atoms with Crippen LogP contribution in [0.5, 0.6) is 5.75 Å². The summed E-state index contributed by atoms with van der Waals surface area (Å²) in [6, 6.07) is 9.49. The first-order chi connectivity index (χ1) is 13.2. The Morgan fingerprint density at radius 2 is 2.07 bits per heavy atom. The van der Waals surface area contributed by atoms with E-state index in [9.17, 15) is 4.79 Å². The SMILES string of the molecule is CC(COc1ccc2[nH]c(=O)ccc2c1)Cc1nnnn1C1CCCCC1. The number of aromatic nitrogens is 5. The number of fused-ring (bicyclic) bond motifs is 1. The highest BCUT2D eigenvalue weighted by molar-refractivity contribution is 5.79. The average Bonchev–Trinajstić information content (AvgIpc) is 3.15. The summed E-state index contributed by atoms with van der Waals surface area (Å²) in [5.74, 6) is 2.05. The fourth-order valence-corrected chi connectivity index (χ4v) is 3.79. The number of pyridine rings is 1. The smallest absolute Gasteiger partial charge is 0.248 e. The lowest BCUT2D eigenvalue weighted by atomic mass is 9.95. The molecule has 0 saturated heterocycles. The number of benzene rings is 1. The van der Waals surface area contributed by atoms with Gasteiger partial charge in [-0.25, -0.2) is 4.68 Å². The molecule has 1 aromatic carbocycles. The first-order valence-electron chi connectivity index (χ1n) is 9.71. The molecular weight excluding hydrogens is 342 g/mol. The number of tetrazole rings is 1. The van der Waals surface area contributed by atoms with Crippen molar-refractivity contribution in [2.24, 2.45) is 5.92 Å². The van der Waals surface area contributed by atoms with Crippen LogP contribution in [0.4, 0.5) is 0 Å². The van der Waals surface area contributed by atoms with Gasteiger partial charge in [-0.15, -0.1) is 5.10 Å². The maximum atomic E-state index is 11.4. The van der Waals surface area contributed by atoms with Gasteiger partial charge in [0.1, 0.15) is 5.75 Å². The molecule has 2 heterocycles. The molecule has 1 N–H and O–H groups in total. The van der Waals surface area contributed by atoms with Gasteiger partial charge in [-0.2, -0.15) is 0 Å². The van der Waals surface area contributed by atoms with Gasteiger partial charge in [-0.3, -0.25) is 4.79 Å². The predicted octanol–water partition coefficient (Wildman–Crippen LogP) is 3.28. The summed E-state index contributed by atoms with van der Waals surface area (Å²) in [6.45, 7) is 2.74. The van der Waals surface area contributed by atoms with E-state index in [4.69, 9.17) is 4.74 Å². The number of aromatic amines is 1. The summed E-state index contributed by atoms with van der Waals surface area (Å²) < 4.78 is 8.00. The number of rotatable bonds is 6. The Labute approximate surface area is 157 Å². The van der Waals surface area contributed by atoms with Crippen LogP contribution in [0.2, 0.25) is 0 Å². The van der Waals surface area contributed by atoms with Gasteiger partial charge in [0.15, 0.2) is 5.82 Å². The molecular formula is C20H25N5O2. The lowest BCUT2D eigenvalue weighted by molar-refractivity contribution is 0.251. The van der Waals surface area contributed by atoms with E-state index < -0.39 is 0 Å². The Bertz CT molecular complexity index is 958. The molecule has 1 saturated carbocycles. The predicted molar refractivity (Wildman–Crippen MR) is 103 cm³/mol. The van der Waals surface area contributed by atoms with Crippen molar-refractivity contribution in [3.8, 4) is 5.75 Å². The van der Waals surface area contributed by atoms with Crippen molar-refractivity contribution in [2.45, 2.75) is 51.5 Å². The molecule has 4 rings (SSSR count). The summed E-state index contributed by atoms with van der Waals surface area (Å²) in [7, 11) is 0. The zero-order valence-corrected chi connectivity index (χ0v) is 15.6. The van der Waals surface area contributed by atoms with E-state index in [-0.39, 0.29) is 5.56 Å². The van der Waals surface area contributed by atoms with E-state index in [1.807, 2.05) is 28.9 Å². The van der Waals surface area contributed by atoms with Crippen molar-refractivity contribution in [1.82, 2.24) is 25.2 Å². The third-order valence-electron chi connectivity index (χ3n) is 5.24. The van der Waals surface area contributed by atoms with E-state index in [2.05, 4.69) is 27.4 Å². The molecule has 1 atom stereocenters. The van der Waals surface area contributed by atoms with Gasteiger partial charge in [0.05, 0.1) is 12.6 Å². The lowest BCUT2D eigenvalue weighted by Gasteiger charge is -2.23. The van der Waals surface area contributed by atoms with E-state index in [1.54, 1.807) is 0 Å². The van der Waals surface area contributed by atoms with E-state index in [1.165, 1.54) is 38.2 Å². The molecule has 7 heteroatoms. The standard InChI is InChI=1S/C20H25N5O2/c1-14(11-19-22-23-24-25(19)16-5-3-2-4-6-16)13-27-17-8-9-18-15(12-17)7-10-20(26)21-18/h7-10,12,14,16H,2-6,11,13H2,1H3,(H,21,26). The van der Waals surface area contributed by atoms with Crippen LogP contribution in [-0.2, 0) is 6.42 Å². The Hall–Kier alpha value is -2.70. The van der Waals surface area contributed by atoms with Crippen LogP contribution in [-0.4, -0.2) is 31.8 Å². The van der Waals surface area contributed by atoms with Crippen LogP contribution < -0.4 is 10.3 Å². The van der Waals surface area contributed by atoms with Gasteiger partial charge in [0.25, 0.3) is 0 Å². The monoisotopic (exact) mass is 367 g/mol. The second-order valence-electron chi connectivity index (χ2n) is 7.52. The van der Waals surface area contributed by atoms with Crippen molar-refractivity contribution < 1.29 is 4.74 Å². The minimum atomic E-state index is -0.0968. The van der Waals surface area contributed by atoms with Crippen molar-refractivity contribution >= 4 is 10.9 Å². The van der Waals surface area contributed by atoms with Crippen molar-refractivity contribution in [1.29, 1.82) is 0 Å². The average molecular weight is 367 g/mol. The summed E-state index contributed by atoms with van der Waals surface area (Å²) in [4.78, 5) is 14.2. The molecule has 142 valence electrons. The Morgan fingerprint density at radius 1 is 1.22 bits per heavy atom. The number of hydrogen-bond donors (Lipinski definition) is 1. The van der Waals surface area contributed by atoms with Crippen molar-refractivity contribution in [2.75, 3.05) is 6.61 Å². The van der Waals surface area contributed by atoms with Crippen LogP contribution >= 0.6 is 0 Å². The summed E-state index contributed by atoms with van der Waals surface area (Å²) in [5.41, 5.74) is 0.718. The number of hydrogen-bond acceptors (Lipinski definition) is 5. The molecule has 1 fully saturated rings. The van der Waals surface area contributed by atoms with Gasteiger partial charge in [-0.1, -0.05) is 26.2 Å². The molecule has 7 nitrogen and oxygen atoms in total. The van der Waals surface area contributed by atoms with Gasteiger partial charge >= 0.3 is 0 Å². The summed E-state index contributed by atoms with van der Waals surface area (Å²) in [6.07, 6.45) is 6.97. The van der Waals surface area contributed by atoms with Crippen LogP contribution in [0.25, 0.3) is 10.9 Å². The van der Waals surface area contributed by atoms with Gasteiger partial charge < -0.3 is 9.72 Å². The van der Waals surface area contributed by atoms with Crippen LogP contribution in [0.15, 0.2) is 35.1 Å². The highest BCUT2D eigenvalue weighted by Crippen LogP contribution is 2.28. The third-order valence-corrected chi connectivity index (χ3v) is 5.24. The molecule has 27 heavy (non-hydrogen) atoms. The molecule has 0 amide bonds. The molecule has 1 unspecified atom stereocenters. The fraction of sp³-hybridized carbons (Fsp3) is 0.500. The molecule has 1 aliphatic rings. The summed E-state index contributed by atoms with van der Waals surface area (Å²) in [5, 5.41) is 13.3. The molecule has 0 aliphatic heterocycles. The number of H-pyrrole nitrogens is 1.